The van der Waals surface area contributed by atoms with Crippen LogP contribution in [0.15, 0.2) is 94.7 Å². The van der Waals surface area contributed by atoms with Crippen molar-refractivity contribution in [2.75, 3.05) is 44.2 Å². The molecular weight excluding hydrogens is 504 g/mol. The molecule has 0 aromatic heterocycles. The summed E-state index contributed by atoms with van der Waals surface area (Å²) in [5.41, 5.74) is 7.72. The van der Waals surface area contributed by atoms with Crippen LogP contribution in [0.2, 0.25) is 0 Å². The van der Waals surface area contributed by atoms with E-state index in [1.54, 1.807) is 7.11 Å². The molecule has 0 radical (unpaired) electrons. The second kappa shape index (κ2) is 10.3. The number of allylic oxidation sites excluding steroid dienone is 7. The lowest BCUT2D eigenvalue weighted by molar-refractivity contribution is -0.0631. The van der Waals surface area contributed by atoms with Crippen molar-refractivity contribution in [3.05, 3.63) is 106 Å². The molecule has 1 atom stereocenters. The summed E-state index contributed by atoms with van der Waals surface area (Å²) in [7, 11) is 5.98. The predicted molar refractivity (Wildman–Crippen MR) is 164 cm³/mol. The summed E-state index contributed by atoms with van der Waals surface area (Å²) in [5.74, 6) is 0. The van der Waals surface area contributed by atoms with Crippen LogP contribution in [0.1, 0.15) is 51.7 Å². The number of methoxy groups -OCH3 is 1. The number of likely N-dealkylation sites (N-methyl/N-ethyl adjacent to an activating group) is 2. The first-order valence-corrected chi connectivity index (χ1v) is 14.2. The Bertz CT molecular complexity index is 1380. The van der Waals surface area contributed by atoms with Crippen LogP contribution in [0.3, 0.4) is 0 Å². The number of hydrogen-bond acceptors (Lipinski definition) is 4. The first-order valence-electron chi connectivity index (χ1n) is 13.9. The zero-order chi connectivity index (χ0) is 28.0. The van der Waals surface area contributed by atoms with E-state index in [9.17, 15) is 0 Å². The molecule has 0 amide bonds. The predicted octanol–water partition coefficient (Wildman–Crippen LogP) is 7.85. The molecule has 39 heavy (non-hydrogen) atoms. The Morgan fingerprint density at radius 3 is 2.21 bits per heavy atom. The fourth-order valence-electron chi connectivity index (χ4n) is 6.71. The largest absolute Gasteiger partial charge is 0.382 e. The molecule has 0 saturated carbocycles. The maximum atomic E-state index is 7.02. The summed E-state index contributed by atoms with van der Waals surface area (Å²) in [6.45, 7) is 10.1. The number of rotatable bonds is 7. The number of nitrogens with zero attached hydrogens (tertiary/aromatic N) is 2. The third-order valence-electron chi connectivity index (χ3n) is 9.06. The Morgan fingerprint density at radius 2 is 1.54 bits per heavy atom. The molecule has 2 aromatic carbocycles. The first kappa shape index (κ1) is 27.8. The summed E-state index contributed by atoms with van der Waals surface area (Å²) >= 11 is 7.02. The fourth-order valence-corrected chi connectivity index (χ4v) is 7.03. The molecule has 5 rings (SSSR count). The number of halogens is 1. The van der Waals surface area contributed by atoms with Crippen LogP contribution in [0.4, 0.5) is 11.4 Å². The Balaban J connectivity index is 1.46. The number of benzene rings is 2. The molecule has 2 aromatic rings. The molecule has 1 aliphatic carbocycles. The Morgan fingerprint density at radius 1 is 0.872 bits per heavy atom. The summed E-state index contributed by atoms with van der Waals surface area (Å²) < 4.78 is 12.0. The van der Waals surface area contributed by atoms with Gasteiger partial charge >= 0.3 is 0 Å². The lowest BCUT2D eigenvalue weighted by Gasteiger charge is -2.44. The van der Waals surface area contributed by atoms with Gasteiger partial charge in [-0.2, -0.15) is 0 Å². The summed E-state index contributed by atoms with van der Waals surface area (Å²) in [6, 6.07) is 17.2. The van der Waals surface area contributed by atoms with Gasteiger partial charge in [0, 0.05) is 54.1 Å². The molecule has 0 saturated heterocycles. The van der Waals surface area contributed by atoms with Gasteiger partial charge in [-0.3, -0.25) is 0 Å². The Labute approximate surface area is 239 Å². The van der Waals surface area contributed by atoms with E-state index in [1.165, 1.54) is 33.8 Å². The van der Waals surface area contributed by atoms with E-state index >= 15 is 0 Å². The van der Waals surface area contributed by atoms with Gasteiger partial charge in [0.05, 0.1) is 13.2 Å². The first-order chi connectivity index (χ1) is 18.6. The highest BCUT2D eigenvalue weighted by Gasteiger charge is 2.55. The number of para-hydroxylation sites is 2. The molecule has 2 aliphatic heterocycles. The maximum Gasteiger partial charge on any atom is 0.169 e. The molecule has 0 fully saturated rings. The van der Waals surface area contributed by atoms with Gasteiger partial charge in [-0.05, 0) is 59.4 Å². The van der Waals surface area contributed by atoms with E-state index in [4.69, 9.17) is 21.1 Å². The van der Waals surface area contributed by atoms with Crippen molar-refractivity contribution in [2.45, 2.75) is 57.1 Å². The molecule has 206 valence electrons. The van der Waals surface area contributed by atoms with Crippen LogP contribution in [0.25, 0.3) is 0 Å². The van der Waals surface area contributed by atoms with Gasteiger partial charge in [0.1, 0.15) is 0 Å². The van der Waals surface area contributed by atoms with Crippen LogP contribution in [-0.4, -0.2) is 40.1 Å². The SMILES string of the molecule is COCCOC1(/C=C/C2=C(Cl)C(=C/C=C3\N(C)c4ccccc4C3(C)C)/CC2)N(C)c2ccccc2C1(C)C. The monoisotopic (exact) mass is 544 g/mol. The molecule has 3 aliphatic rings. The topological polar surface area (TPSA) is 24.9 Å². The average molecular weight is 545 g/mol. The van der Waals surface area contributed by atoms with Crippen molar-refractivity contribution in [3.63, 3.8) is 0 Å². The molecule has 0 bridgehead atoms. The highest BCUT2D eigenvalue weighted by molar-refractivity contribution is 6.33. The van der Waals surface area contributed by atoms with Crippen LogP contribution >= 0.6 is 11.6 Å². The lowest BCUT2D eigenvalue weighted by atomic mass is 9.77. The van der Waals surface area contributed by atoms with E-state index in [2.05, 4.69) is 124 Å². The van der Waals surface area contributed by atoms with E-state index in [-0.39, 0.29) is 10.8 Å². The quantitative estimate of drug-likeness (QED) is 0.331. The average Bonchev–Trinajstić information content (AvgIpc) is 3.43. The van der Waals surface area contributed by atoms with E-state index in [0.29, 0.717) is 13.2 Å². The molecular formula is C34H41ClN2O2. The van der Waals surface area contributed by atoms with Crippen molar-refractivity contribution in [1.29, 1.82) is 0 Å². The minimum absolute atomic E-state index is 0.0561. The molecule has 4 nitrogen and oxygen atoms in total. The zero-order valence-corrected chi connectivity index (χ0v) is 25.1. The van der Waals surface area contributed by atoms with Gasteiger partial charge in [0.2, 0.25) is 0 Å². The maximum absolute atomic E-state index is 7.02. The normalized spacial score (nSPS) is 25.4. The van der Waals surface area contributed by atoms with Crippen LogP contribution < -0.4 is 9.80 Å². The second-order valence-electron chi connectivity index (χ2n) is 11.9. The Hall–Kier alpha value is -2.79. The van der Waals surface area contributed by atoms with Crippen LogP contribution in [-0.2, 0) is 20.3 Å². The zero-order valence-electron chi connectivity index (χ0n) is 24.3. The third-order valence-corrected chi connectivity index (χ3v) is 9.55. The van der Waals surface area contributed by atoms with Crippen molar-refractivity contribution in [2.24, 2.45) is 0 Å². The lowest BCUT2D eigenvalue weighted by Crippen LogP contribution is -2.55. The summed E-state index contributed by atoms with van der Waals surface area (Å²) in [6.07, 6.45) is 10.7. The van der Waals surface area contributed by atoms with Gasteiger partial charge in [-0.1, -0.05) is 87.8 Å². The summed E-state index contributed by atoms with van der Waals surface area (Å²) in [4.78, 5) is 4.56. The van der Waals surface area contributed by atoms with Gasteiger partial charge in [0.15, 0.2) is 5.72 Å². The van der Waals surface area contributed by atoms with Crippen molar-refractivity contribution in [1.82, 2.24) is 0 Å². The molecule has 0 spiro atoms. The standard InChI is InChI=1S/C34H41ClN2O2/c1-32(2)26-12-8-10-14-28(26)36(5)30(32)19-18-24-16-17-25(31(24)35)20-21-34(39-23-22-38-7)33(3,4)27-13-9-11-15-29(27)37(34)6/h8-15,18-21H,16-17,22-23H2,1-7H3/b21-20+,24-18+,30-19-. The van der Waals surface area contributed by atoms with E-state index < -0.39 is 5.72 Å². The van der Waals surface area contributed by atoms with Gasteiger partial charge in [-0.15, -0.1) is 0 Å². The van der Waals surface area contributed by atoms with Crippen LogP contribution in [0, 0.1) is 0 Å². The minimum Gasteiger partial charge on any atom is -0.382 e. The molecule has 2 heterocycles. The highest BCUT2D eigenvalue weighted by Crippen LogP contribution is 2.53. The minimum atomic E-state index is -0.657. The van der Waals surface area contributed by atoms with Gasteiger partial charge in [-0.25, -0.2) is 0 Å². The number of hydrogen-bond donors (Lipinski definition) is 0. The molecule has 0 N–H and O–H groups in total. The van der Waals surface area contributed by atoms with Gasteiger partial charge < -0.3 is 19.3 Å². The summed E-state index contributed by atoms with van der Waals surface area (Å²) in [5, 5.41) is 0.849. The van der Waals surface area contributed by atoms with Crippen LogP contribution in [0.5, 0.6) is 0 Å². The molecule has 1 unspecified atom stereocenters. The fraction of sp³-hybridized carbons (Fsp3) is 0.412. The van der Waals surface area contributed by atoms with Gasteiger partial charge in [0.25, 0.3) is 0 Å². The Kier molecular flexibility index (Phi) is 7.34. The highest BCUT2D eigenvalue weighted by atomic mass is 35.5. The van der Waals surface area contributed by atoms with E-state index in [1.807, 2.05) is 0 Å². The van der Waals surface area contributed by atoms with Crippen molar-refractivity contribution < 1.29 is 9.47 Å². The number of ether oxygens (including phenoxy) is 2. The number of fused-ring (bicyclic) bond motifs is 2. The van der Waals surface area contributed by atoms with Crippen molar-refractivity contribution in [3.8, 4) is 0 Å². The second-order valence-corrected chi connectivity index (χ2v) is 12.2. The number of anilines is 2. The smallest absolute Gasteiger partial charge is 0.169 e. The molecule has 5 heteroatoms. The third kappa shape index (κ3) is 4.38. The van der Waals surface area contributed by atoms with E-state index in [0.717, 1.165) is 23.4 Å². The van der Waals surface area contributed by atoms with Crippen molar-refractivity contribution >= 4 is 23.0 Å².